The summed E-state index contributed by atoms with van der Waals surface area (Å²) in [6.07, 6.45) is 3.25. The largest absolute Gasteiger partial charge is 0.353 e. The molecular weight excluding hydrogens is 224 g/mol. The predicted molar refractivity (Wildman–Crippen MR) is 66.0 cm³/mol. The van der Waals surface area contributed by atoms with Crippen molar-refractivity contribution in [3.8, 4) is 0 Å². The lowest BCUT2D eigenvalue weighted by Crippen LogP contribution is -2.41. The van der Waals surface area contributed by atoms with Gasteiger partial charge in [-0.15, -0.1) is 0 Å². The van der Waals surface area contributed by atoms with Gasteiger partial charge in [0.05, 0.1) is 4.75 Å². The molecule has 1 aromatic rings. The van der Waals surface area contributed by atoms with Gasteiger partial charge in [0.2, 0.25) is 0 Å². The van der Waals surface area contributed by atoms with Crippen molar-refractivity contribution < 1.29 is 8.42 Å². The molecule has 0 saturated carbocycles. The second-order valence-corrected chi connectivity index (χ2v) is 7.40. The lowest BCUT2D eigenvalue weighted by Gasteiger charge is -2.22. The first-order chi connectivity index (χ1) is 7.24. The minimum absolute atomic E-state index is 0.455. The van der Waals surface area contributed by atoms with Crippen LogP contribution in [0.15, 0.2) is 18.3 Å². The highest BCUT2D eigenvalue weighted by Crippen LogP contribution is 2.13. The molecule has 0 radical (unpaired) electrons. The van der Waals surface area contributed by atoms with Crippen molar-refractivity contribution in [2.75, 3.05) is 12.8 Å². The van der Waals surface area contributed by atoms with Gasteiger partial charge in [-0.3, -0.25) is 0 Å². The zero-order valence-corrected chi connectivity index (χ0v) is 11.1. The van der Waals surface area contributed by atoms with E-state index in [4.69, 9.17) is 0 Å². The standard InChI is InChI=1S/C11H20N2O2S/c1-11(2,16(4,14)15)9-12-8-10-6-5-7-13(10)3/h5-7,12H,8-9H2,1-4H3. The van der Waals surface area contributed by atoms with Gasteiger partial charge in [0, 0.05) is 38.3 Å². The fourth-order valence-electron chi connectivity index (χ4n) is 1.30. The molecule has 0 aliphatic heterocycles. The molecular formula is C11H20N2O2S. The lowest BCUT2D eigenvalue weighted by atomic mass is 10.2. The molecule has 0 aliphatic carbocycles. The molecule has 1 rings (SSSR count). The van der Waals surface area contributed by atoms with Gasteiger partial charge in [0.1, 0.15) is 0 Å². The van der Waals surface area contributed by atoms with Crippen molar-refractivity contribution in [1.82, 2.24) is 9.88 Å². The quantitative estimate of drug-likeness (QED) is 0.838. The molecule has 0 atom stereocenters. The van der Waals surface area contributed by atoms with Crippen molar-refractivity contribution in [3.63, 3.8) is 0 Å². The highest BCUT2D eigenvalue weighted by molar-refractivity contribution is 7.92. The summed E-state index contributed by atoms with van der Waals surface area (Å²) in [6, 6.07) is 3.99. The Morgan fingerprint density at radius 2 is 2.06 bits per heavy atom. The van der Waals surface area contributed by atoms with E-state index >= 15 is 0 Å². The van der Waals surface area contributed by atoms with E-state index in [1.165, 1.54) is 6.26 Å². The van der Waals surface area contributed by atoms with Crippen LogP contribution in [0.3, 0.4) is 0 Å². The third-order valence-electron chi connectivity index (χ3n) is 2.91. The number of sulfone groups is 1. The molecule has 0 aliphatic rings. The summed E-state index contributed by atoms with van der Waals surface area (Å²) in [6.45, 7) is 4.61. The van der Waals surface area contributed by atoms with Gasteiger partial charge in [0.25, 0.3) is 0 Å². The van der Waals surface area contributed by atoms with E-state index in [2.05, 4.69) is 5.32 Å². The van der Waals surface area contributed by atoms with E-state index < -0.39 is 14.6 Å². The SMILES string of the molecule is Cn1cccc1CNCC(C)(C)S(C)(=O)=O. The maximum atomic E-state index is 11.5. The van der Waals surface area contributed by atoms with E-state index in [1.807, 2.05) is 29.9 Å². The molecule has 0 unspecified atom stereocenters. The van der Waals surface area contributed by atoms with Crippen LogP contribution in [0.25, 0.3) is 0 Å². The van der Waals surface area contributed by atoms with Gasteiger partial charge in [-0.2, -0.15) is 0 Å². The van der Waals surface area contributed by atoms with Gasteiger partial charge >= 0.3 is 0 Å². The third-order valence-corrected chi connectivity index (χ3v) is 5.06. The second-order valence-electron chi connectivity index (χ2n) is 4.75. The number of nitrogens with one attached hydrogen (secondary N) is 1. The molecule has 0 spiro atoms. The van der Waals surface area contributed by atoms with Gasteiger partial charge in [-0.25, -0.2) is 8.42 Å². The normalized spacial score (nSPS) is 13.0. The summed E-state index contributed by atoms with van der Waals surface area (Å²) < 4.78 is 24.2. The van der Waals surface area contributed by atoms with Gasteiger partial charge in [-0.05, 0) is 26.0 Å². The first kappa shape index (κ1) is 13.3. The third kappa shape index (κ3) is 3.09. The molecule has 4 nitrogen and oxygen atoms in total. The molecule has 16 heavy (non-hydrogen) atoms. The molecule has 0 bridgehead atoms. The first-order valence-corrected chi connectivity index (χ1v) is 7.14. The number of hydrogen-bond acceptors (Lipinski definition) is 3. The maximum Gasteiger partial charge on any atom is 0.153 e. The van der Waals surface area contributed by atoms with Crippen LogP contribution >= 0.6 is 0 Å². The fraction of sp³-hybridized carbons (Fsp3) is 0.636. The van der Waals surface area contributed by atoms with E-state index in [9.17, 15) is 8.42 Å². The average molecular weight is 244 g/mol. The Morgan fingerprint density at radius 3 is 2.50 bits per heavy atom. The smallest absolute Gasteiger partial charge is 0.153 e. The Kier molecular flexibility index (Phi) is 3.80. The lowest BCUT2D eigenvalue weighted by molar-refractivity contribution is 0.517. The van der Waals surface area contributed by atoms with Crippen molar-refractivity contribution >= 4 is 9.84 Å². The van der Waals surface area contributed by atoms with E-state index in [1.54, 1.807) is 13.8 Å². The fourth-order valence-corrected chi connectivity index (χ4v) is 1.67. The van der Waals surface area contributed by atoms with Crippen LogP contribution in [-0.2, 0) is 23.4 Å². The second kappa shape index (κ2) is 4.59. The predicted octanol–water partition coefficient (Wildman–Crippen LogP) is 0.938. The molecule has 0 amide bonds. The molecule has 0 saturated heterocycles. The van der Waals surface area contributed by atoms with E-state index in [0.717, 1.165) is 5.69 Å². The first-order valence-electron chi connectivity index (χ1n) is 5.24. The number of aryl methyl sites for hydroxylation is 1. The minimum atomic E-state index is -3.02. The van der Waals surface area contributed by atoms with E-state index in [-0.39, 0.29) is 0 Å². The number of aromatic nitrogens is 1. The summed E-state index contributed by atoms with van der Waals surface area (Å²) in [5, 5.41) is 3.18. The molecule has 1 heterocycles. The number of rotatable bonds is 5. The highest BCUT2D eigenvalue weighted by Gasteiger charge is 2.29. The summed E-state index contributed by atoms with van der Waals surface area (Å²) in [5.74, 6) is 0. The molecule has 0 fully saturated rings. The zero-order valence-electron chi connectivity index (χ0n) is 10.3. The summed E-state index contributed by atoms with van der Waals surface area (Å²) >= 11 is 0. The molecule has 5 heteroatoms. The van der Waals surface area contributed by atoms with Crippen molar-refractivity contribution in [2.24, 2.45) is 7.05 Å². The maximum absolute atomic E-state index is 11.5. The Balaban J connectivity index is 2.51. The summed E-state index contributed by atoms with van der Waals surface area (Å²) in [5.41, 5.74) is 1.14. The van der Waals surface area contributed by atoms with Gasteiger partial charge in [0.15, 0.2) is 9.84 Å². The van der Waals surface area contributed by atoms with Gasteiger partial charge in [-0.1, -0.05) is 0 Å². The monoisotopic (exact) mass is 244 g/mol. The van der Waals surface area contributed by atoms with Gasteiger partial charge < -0.3 is 9.88 Å². The Hall–Kier alpha value is -0.810. The summed E-state index contributed by atoms with van der Waals surface area (Å²) in [7, 11) is -1.05. The van der Waals surface area contributed by atoms with Crippen LogP contribution in [0.4, 0.5) is 0 Å². The van der Waals surface area contributed by atoms with E-state index in [0.29, 0.717) is 13.1 Å². The zero-order chi connectivity index (χ0) is 12.4. The van der Waals surface area contributed by atoms with Crippen LogP contribution < -0.4 is 5.32 Å². The average Bonchev–Trinajstić information content (AvgIpc) is 2.49. The molecule has 1 N–H and O–H groups in total. The Morgan fingerprint density at radius 1 is 1.44 bits per heavy atom. The number of nitrogens with zero attached hydrogens (tertiary/aromatic N) is 1. The van der Waals surface area contributed by atoms with Crippen LogP contribution in [0.5, 0.6) is 0 Å². The van der Waals surface area contributed by atoms with Crippen LogP contribution in [0.2, 0.25) is 0 Å². The van der Waals surface area contributed by atoms with Crippen LogP contribution in [0, 0.1) is 0 Å². The highest BCUT2D eigenvalue weighted by atomic mass is 32.2. The number of hydrogen-bond donors (Lipinski definition) is 1. The topological polar surface area (TPSA) is 51.1 Å². The molecule has 1 aromatic heterocycles. The molecule has 92 valence electrons. The summed E-state index contributed by atoms with van der Waals surface area (Å²) in [4.78, 5) is 0. The Bertz CT molecular complexity index is 446. The Labute approximate surface area is 97.6 Å². The van der Waals surface area contributed by atoms with Crippen molar-refractivity contribution in [2.45, 2.75) is 25.1 Å². The molecule has 0 aromatic carbocycles. The minimum Gasteiger partial charge on any atom is -0.353 e. The van der Waals surface area contributed by atoms with Crippen molar-refractivity contribution in [3.05, 3.63) is 24.0 Å². The van der Waals surface area contributed by atoms with Crippen LogP contribution in [0.1, 0.15) is 19.5 Å². The van der Waals surface area contributed by atoms with Crippen LogP contribution in [-0.4, -0.2) is 30.5 Å². The van der Waals surface area contributed by atoms with Crippen molar-refractivity contribution in [1.29, 1.82) is 0 Å².